The quantitative estimate of drug-likeness (QED) is 0.200. The van der Waals surface area contributed by atoms with E-state index < -0.39 is 66.0 Å². The summed E-state index contributed by atoms with van der Waals surface area (Å²) in [5, 5.41) is 18.9. The fraction of sp³-hybridized carbons (Fsp3) is 0.457. The van der Waals surface area contributed by atoms with Gasteiger partial charge in [0.2, 0.25) is 17.7 Å². The van der Waals surface area contributed by atoms with Crippen LogP contribution in [0.3, 0.4) is 0 Å². The summed E-state index contributed by atoms with van der Waals surface area (Å²) < 4.78 is 5.45. The molecule has 252 valence electrons. The van der Waals surface area contributed by atoms with Gasteiger partial charge in [-0.2, -0.15) is 0 Å². The van der Waals surface area contributed by atoms with Crippen molar-refractivity contribution in [3.8, 4) is 0 Å². The highest BCUT2D eigenvalue weighted by molar-refractivity contribution is 5.96. The van der Waals surface area contributed by atoms with Gasteiger partial charge in [-0.25, -0.2) is 4.79 Å². The van der Waals surface area contributed by atoms with Gasteiger partial charge in [0.05, 0.1) is 12.5 Å². The van der Waals surface area contributed by atoms with Crippen LogP contribution >= 0.6 is 0 Å². The number of rotatable bonds is 12. The molecule has 0 spiro atoms. The lowest BCUT2D eigenvalue weighted by molar-refractivity contribution is -0.152. The maximum atomic E-state index is 14.3. The Morgan fingerprint density at radius 1 is 1.00 bits per heavy atom. The minimum atomic E-state index is -1.25. The van der Waals surface area contributed by atoms with Gasteiger partial charge in [-0.05, 0) is 56.7 Å². The molecule has 1 aromatic heterocycles. The Bertz CT molecular complexity index is 1580. The average Bonchev–Trinajstić information content (AvgIpc) is 3.39. The monoisotopic (exact) mass is 647 g/mol. The number of ether oxygens (including phenoxy) is 1. The zero-order chi connectivity index (χ0) is 34.3. The summed E-state index contributed by atoms with van der Waals surface area (Å²) in [6, 6.07) is 13.1. The Hall–Kier alpha value is -4.87. The van der Waals surface area contributed by atoms with Crippen LogP contribution in [0.5, 0.6) is 0 Å². The van der Waals surface area contributed by atoms with Gasteiger partial charge in [-0.15, -0.1) is 0 Å². The molecule has 1 saturated heterocycles. The maximum Gasteiger partial charge on any atom is 0.408 e. The second kappa shape index (κ2) is 15.1. The van der Waals surface area contributed by atoms with E-state index in [2.05, 4.69) is 20.9 Å². The van der Waals surface area contributed by atoms with Gasteiger partial charge in [0, 0.05) is 30.1 Å². The number of fused-ring (bicyclic) bond motifs is 1. The van der Waals surface area contributed by atoms with E-state index in [1.807, 2.05) is 68.4 Å². The first-order valence-corrected chi connectivity index (χ1v) is 15.9. The minimum Gasteiger partial charge on any atom is -0.481 e. The van der Waals surface area contributed by atoms with Gasteiger partial charge < -0.3 is 35.7 Å². The zero-order valence-corrected chi connectivity index (χ0v) is 27.5. The summed E-state index contributed by atoms with van der Waals surface area (Å²) in [5.74, 6) is -3.01. The molecule has 0 aliphatic carbocycles. The highest BCUT2D eigenvalue weighted by Crippen LogP contribution is 2.21. The van der Waals surface area contributed by atoms with Gasteiger partial charge >= 0.3 is 12.1 Å². The van der Waals surface area contributed by atoms with Crippen molar-refractivity contribution in [3.63, 3.8) is 0 Å². The number of carbonyl (C=O) groups is 5. The van der Waals surface area contributed by atoms with E-state index in [1.165, 1.54) is 4.90 Å². The van der Waals surface area contributed by atoms with Gasteiger partial charge in [0.25, 0.3) is 0 Å². The zero-order valence-electron chi connectivity index (χ0n) is 27.5. The van der Waals surface area contributed by atoms with Gasteiger partial charge in [-0.1, -0.05) is 62.4 Å². The first kappa shape index (κ1) is 35.0. The van der Waals surface area contributed by atoms with Gasteiger partial charge in [0.1, 0.15) is 23.7 Å². The number of alkyl carbamates (subject to hydrolysis) is 1. The number of nitrogens with zero attached hydrogens (tertiary/aromatic N) is 1. The molecule has 1 aliphatic heterocycles. The van der Waals surface area contributed by atoms with Gasteiger partial charge in [0.15, 0.2) is 0 Å². The van der Waals surface area contributed by atoms with Crippen molar-refractivity contribution in [2.45, 2.75) is 90.1 Å². The number of piperazine rings is 1. The molecule has 5 N–H and O–H groups in total. The number of aliphatic carboxylic acids is 1. The second-order valence-corrected chi connectivity index (χ2v) is 13.5. The average molecular weight is 648 g/mol. The first-order valence-electron chi connectivity index (χ1n) is 15.9. The molecule has 4 rings (SSSR count). The molecule has 47 heavy (non-hydrogen) atoms. The minimum absolute atomic E-state index is 0.0493. The molecule has 2 aromatic carbocycles. The van der Waals surface area contributed by atoms with E-state index in [1.54, 1.807) is 27.0 Å². The van der Waals surface area contributed by atoms with Crippen LogP contribution in [0, 0.1) is 5.92 Å². The number of para-hydroxylation sites is 1. The van der Waals surface area contributed by atoms with Crippen molar-refractivity contribution in [1.29, 1.82) is 0 Å². The Morgan fingerprint density at radius 2 is 1.68 bits per heavy atom. The predicted octanol–water partition coefficient (Wildman–Crippen LogP) is 3.55. The molecule has 0 bridgehead atoms. The van der Waals surface area contributed by atoms with Crippen LogP contribution in [-0.4, -0.2) is 81.1 Å². The Kier molecular flexibility index (Phi) is 11.3. The van der Waals surface area contributed by atoms with E-state index in [-0.39, 0.29) is 25.3 Å². The summed E-state index contributed by atoms with van der Waals surface area (Å²) in [4.78, 5) is 70.6. The number of hydrogen-bond donors (Lipinski definition) is 5. The third kappa shape index (κ3) is 9.81. The molecule has 12 heteroatoms. The lowest BCUT2D eigenvalue weighted by Crippen LogP contribution is -2.65. The Balaban J connectivity index is 1.61. The number of carboxylic acids is 1. The third-order valence-corrected chi connectivity index (χ3v) is 7.85. The van der Waals surface area contributed by atoms with E-state index >= 15 is 0 Å². The van der Waals surface area contributed by atoms with Crippen LogP contribution in [0.25, 0.3) is 10.9 Å². The van der Waals surface area contributed by atoms with Crippen LogP contribution in [0.1, 0.15) is 58.6 Å². The number of hydrogen-bond acceptors (Lipinski definition) is 6. The van der Waals surface area contributed by atoms with Crippen LogP contribution in [-0.2, 0) is 36.8 Å². The van der Waals surface area contributed by atoms with Crippen molar-refractivity contribution in [1.82, 2.24) is 25.8 Å². The Morgan fingerprint density at radius 3 is 2.34 bits per heavy atom. The molecule has 3 aromatic rings. The summed E-state index contributed by atoms with van der Waals surface area (Å²) in [5.41, 5.74) is 1.78. The van der Waals surface area contributed by atoms with Crippen LogP contribution in [0.2, 0.25) is 0 Å². The first-order chi connectivity index (χ1) is 22.2. The number of carboxylic acid groups (broad SMARTS) is 1. The van der Waals surface area contributed by atoms with Crippen molar-refractivity contribution >= 4 is 40.7 Å². The second-order valence-electron chi connectivity index (χ2n) is 13.5. The van der Waals surface area contributed by atoms with Gasteiger partial charge in [-0.3, -0.25) is 19.2 Å². The standard InChI is InChI=1S/C35H45N5O7/c1-21(2)15-28(33(45)40-20-24(16-22-11-7-6-8-12-22)37-32(44)29(40)18-30(41)42)38-31(43)27(39-34(46)47-35(3,4)5)17-23-19-36-26-14-10-9-13-25(23)26/h6-14,19,21,24,27-29,36H,15-18,20H2,1-5H3,(H,37,44)(H,38,43)(H,39,46)(H,41,42)/t24-,27-,28-,29+/m0/s1. The van der Waals surface area contributed by atoms with E-state index in [4.69, 9.17) is 4.74 Å². The number of amides is 4. The molecule has 1 fully saturated rings. The number of benzene rings is 2. The van der Waals surface area contributed by atoms with Crippen LogP contribution < -0.4 is 16.0 Å². The Labute approximate surface area is 274 Å². The number of aromatic nitrogens is 1. The van der Waals surface area contributed by atoms with Crippen molar-refractivity contribution in [3.05, 3.63) is 71.9 Å². The summed E-state index contributed by atoms with van der Waals surface area (Å²) in [7, 11) is 0. The van der Waals surface area contributed by atoms with E-state index in [0.717, 1.165) is 22.0 Å². The number of aromatic amines is 1. The molecular formula is C35H45N5O7. The smallest absolute Gasteiger partial charge is 0.408 e. The number of H-pyrrole nitrogens is 1. The fourth-order valence-electron chi connectivity index (χ4n) is 5.82. The molecule has 2 heterocycles. The summed E-state index contributed by atoms with van der Waals surface area (Å²) in [6.45, 7) is 9.00. The lowest BCUT2D eigenvalue weighted by Gasteiger charge is -2.41. The highest BCUT2D eigenvalue weighted by Gasteiger charge is 2.41. The number of carbonyl (C=O) groups excluding carboxylic acids is 4. The van der Waals surface area contributed by atoms with Crippen molar-refractivity contribution in [2.24, 2.45) is 5.92 Å². The maximum absolute atomic E-state index is 14.3. The molecule has 4 atom stereocenters. The normalized spacial score (nSPS) is 17.9. The van der Waals surface area contributed by atoms with E-state index in [9.17, 15) is 29.1 Å². The SMILES string of the molecule is CC(C)C[C@H](NC(=O)[C@H](Cc1c[nH]c2ccccc12)NC(=O)OC(C)(C)C)C(=O)N1C[C@H](Cc2ccccc2)NC(=O)[C@H]1CC(=O)O. The summed E-state index contributed by atoms with van der Waals surface area (Å²) >= 11 is 0. The van der Waals surface area contributed by atoms with Crippen molar-refractivity contribution < 1.29 is 33.8 Å². The fourth-order valence-corrected chi connectivity index (χ4v) is 5.82. The van der Waals surface area contributed by atoms with Crippen molar-refractivity contribution in [2.75, 3.05) is 6.54 Å². The molecule has 1 aliphatic rings. The molecular weight excluding hydrogens is 602 g/mol. The third-order valence-electron chi connectivity index (χ3n) is 7.85. The topological polar surface area (TPSA) is 170 Å². The largest absolute Gasteiger partial charge is 0.481 e. The van der Waals surface area contributed by atoms with Crippen LogP contribution in [0.4, 0.5) is 4.79 Å². The number of nitrogens with one attached hydrogen (secondary N) is 4. The molecule has 4 amide bonds. The van der Waals surface area contributed by atoms with E-state index in [0.29, 0.717) is 6.42 Å². The van der Waals surface area contributed by atoms with Crippen LogP contribution in [0.15, 0.2) is 60.8 Å². The molecule has 0 saturated carbocycles. The lowest BCUT2D eigenvalue weighted by atomic mass is 9.96. The highest BCUT2D eigenvalue weighted by atomic mass is 16.6. The molecule has 0 radical (unpaired) electrons. The predicted molar refractivity (Wildman–Crippen MR) is 176 cm³/mol. The molecule has 0 unspecified atom stereocenters. The summed E-state index contributed by atoms with van der Waals surface area (Å²) in [6.07, 6.45) is 1.16. The molecule has 12 nitrogen and oxygen atoms in total.